The molecule has 2 heterocycles. The number of anilines is 1. The van der Waals surface area contributed by atoms with Crippen LogP contribution in [0.5, 0.6) is 0 Å². The van der Waals surface area contributed by atoms with Gasteiger partial charge in [0.05, 0.1) is 41.2 Å². The number of sulfone groups is 1. The smallest absolute Gasteiger partial charge is 0.270 e. The zero-order valence-corrected chi connectivity index (χ0v) is 19.9. The summed E-state index contributed by atoms with van der Waals surface area (Å²) in [4.78, 5) is 15.7. The van der Waals surface area contributed by atoms with Crippen LogP contribution in [0.1, 0.15) is 16.8 Å². The summed E-state index contributed by atoms with van der Waals surface area (Å²) in [6.07, 6.45) is 0.342. The Morgan fingerprint density at radius 2 is 1.77 bits per heavy atom. The average Bonchev–Trinajstić information content (AvgIpc) is 3.06. The van der Waals surface area contributed by atoms with Gasteiger partial charge >= 0.3 is 0 Å². The maximum absolute atomic E-state index is 13.7. The maximum Gasteiger partial charge on any atom is 0.270 e. The highest BCUT2D eigenvalue weighted by Crippen LogP contribution is 2.29. The standard InChI is InChI=1S/C19H30N4O6S2/c1-20(2)23(15-7-12-30(25,26)14-15)19(24)17-13-16(31(27,28)21(3)4)5-6-18(17)22-8-10-29-11-9-22/h5-6,13,15H,7-12,14H2,1-4H3. The van der Waals surface area contributed by atoms with Gasteiger partial charge in [0.1, 0.15) is 0 Å². The Hall–Kier alpha value is -1.73. The molecule has 0 aromatic heterocycles. The Morgan fingerprint density at radius 3 is 2.29 bits per heavy atom. The van der Waals surface area contributed by atoms with Crippen LogP contribution in [0.2, 0.25) is 0 Å². The first-order chi connectivity index (χ1) is 14.4. The number of hydrazine groups is 1. The number of carbonyl (C=O) groups excluding carboxylic acids is 1. The van der Waals surface area contributed by atoms with E-state index >= 15 is 0 Å². The van der Waals surface area contributed by atoms with Crippen molar-refractivity contribution in [3.63, 3.8) is 0 Å². The number of carbonyl (C=O) groups is 1. The minimum Gasteiger partial charge on any atom is -0.378 e. The van der Waals surface area contributed by atoms with Gasteiger partial charge in [-0.1, -0.05) is 0 Å². The van der Waals surface area contributed by atoms with E-state index in [-0.39, 0.29) is 22.0 Å². The third-order valence-electron chi connectivity index (χ3n) is 5.52. The van der Waals surface area contributed by atoms with Gasteiger partial charge in [-0.05, 0) is 24.6 Å². The van der Waals surface area contributed by atoms with E-state index in [4.69, 9.17) is 4.74 Å². The molecule has 0 N–H and O–H groups in total. The van der Waals surface area contributed by atoms with Gasteiger partial charge in [0.2, 0.25) is 10.0 Å². The number of rotatable bonds is 6. The molecule has 0 spiro atoms. The minimum absolute atomic E-state index is 0.00982. The predicted octanol–water partition coefficient (Wildman–Crippen LogP) is -0.121. The quantitative estimate of drug-likeness (QED) is 0.525. The van der Waals surface area contributed by atoms with Crippen molar-refractivity contribution in [1.82, 2.24) is 14.3 Å². The van der Waals surface area contributed by atoms with Crippen LogP contribution in [-0.2, 0) is 24.6 Å². The molecule has 0 aliphatic carbocycles. The Balaban J connectivity index is 2.09. The van der Waals surface area contributed by atoms with E-state index in [0.717, 1.165) is 4.31 Å². The van der Waals surface area contributed by atoms with Gasteiger partial charge < -0.3 is 9.64 Å². The highest BCUT2D eigenvalue weighted by atomic mass is 32.2. The molecule has 2 fully saturated rings. The van der Waals surface area contributed by atoms with Gasteiger partial charge in [-0.2, -0.15) is 0 Å². The second kappa shape index (κ2) is 9.02. The van der Waals surface area contributed by atoms with Crippen molar-refractivity contribution < 1.29 is 26.4 Å². The molecule has 10 nitrogen and oxygen atoms in total. The molecule has 1 aromatic rings. The second-order valence-electron chi connectivity index (χ2n) is 8.12. The molecule has 1 amide bonds. The molecule has 12 heteroatoms. The van der Waals surface area contributed by atoms with E-state index in [0.29, 0.717) is 38.4 Å². The fraction of sp³-hybridized carbons (Fsp3) is 0.632. The molecular weight excluding hydrogens is 444 g/mol. The fourth-order valence-corrected chi connectivity index (χ4v) is 6.52. The Labute approximate surface area is 184 Å². The van der Waals surface area contributed by atoms with Crippen LogP contribution in [0.15, 0.2) is 23.1 Å². The number of morpholine rings is 1. The van der Waals surface area contributed by atoms with Gasteiger partial charge in [0.25, 0.3) is 5.91 Å². The third-order valence-corrected chi connectivity index (χ3v) is 9.08. The zero-order valence-electron chi connectivity index (χ0n) is 18.3. The molecule has 1 aromatic carbocycles. The van der Waals surface area contributed by atoms with Gasteiger partial charge in [-0.15, -0.1) is 0 Å². The number of nitrogens with zero attached hydrogens (tertiary/aromatic N) is 4. The minimum atomic E-state index is -3.75. The molecule has 3 rings (SSSR count). The largest absolute Gasteiger partial charge is 0.378 e. The van der Waals surface area contributed by atoms with E-state index in [9.17, 15) is 21.6 Å². The molecule has 0 radical (unpaired) electrons. The molecule has 31 heavy (non-hydrogen) atoms. The van der Waals surface area contributed by atoms with E-state index in [2.05, 4.69) is 0 Å². The first-order valence-corrected chi connectivity index (χ1v) is 13.3. The van der Waals surface area contributed by atoms with Crippen molar-refractivity contribution in [2.24, 2.45) is 0 Å². The zero-order chi connectivity index (χ0) is 23.0. The van der Waals surface area contributed by atoms with Crippen LogP contribution in [-0.4, -0.2) is 109 Å². The number of hydrogen-bond donors (Lipinski definition) is 0. The molecule has 2 aliphatic heterocycles. The van der Waals surface area contributed by atoms with Crippen LogP contribution in [0, 0.1) is 0 Å². The first kappa shape index (κ1) is 23.9. The highest BCUT2D eigenvalue weighted by Gasteiger charge is 2.38. The van der Waals surface area contributed by atoms with E-state index in [1.165, 1.54) is 31.2 Å². The summed E-state index contributed by atoms with van der Waals surface area (Å²) in [5, 5.41) is 3.00. The van der Waals surface area contributed by atoms with Crippen LogP contribution >= 0.6 is 0 Å². The lowest BCUT2D eigenvalue weighted by Gasteiger charge is -2.36. The van der Waals surface area contributed by atoms with Crippen LogP contribution in [0.3, 0.4) is 0 Å². The molecule has 2 saturated heterocycles. The summed E-state index contributed by atoms with van der Waals surface area (Å²) in [6.45, 7) is 2.15. The van der Waals surface area contributed by atoms with E-state index in [1.807, 2.05) is 4.90 Å². The lowest BCUT2D eigenvalue weighted by Crippen LogP contribution is -2.50. The fourth-order valence-electron chi connectivity index (χ4n) is 3.90. The summed E-state index contributed by atoms with van der Waals surface area (Å²) in [5.74, 6) is -0.510. The van der Waals surface area contributed by atoms with E-state index in [1.54, 1.807) is 25.2 Å². The average molecular weight is 475 g/mol. The van der Waals surface area contributed by atoms with Crippen molar-refractivity contribution in [3.05, 3.63) is 23.8 Å². The molecule has 0 saturated carbocycles. The van der Waals surface area contributed by atoms with Crippen LogP contribution in [0.25, 0.3) is 0 Å². The summed E-state index contributed by atoms with van der Waals surface area (Å²) in [6, 6.07) is 4.03. The number of hydrogen-bond acceptors (Lipinski definition) is 8. The van der Waals surface area contributed by atoms with Crippen molar-refractivity contribution in [1.29, 1.82) is 0 Å². The van der Waals surface area contributed by atoms with Crippen molar-refractivity contribution in [2.45, 2.75) is 17.4 Å². The normalized spacial score (nSPS) is 21.6. The van der Waals surface area contributed by atoms with Crippen LogP contribution < -0.4 is 4.90 Å². The topological polar surface area (TPSA) is 108 Å². The maximum atomic E-state index is 13.7. The molecule has 0 bridgehead atoms. The Kier molecular flexibility index (Phi) is 6.96. The Morgan fingerprint density at radius 1 is 1.13 bits per heavy atom. The van der Waals surface area contributed by atoms with Gasteiger partial charge in [-0.3, -0.25) is 9.80 Å². The lowest BCUT2D eigenvalue weighted by atomic mass is 10.1. The number of benzene rings is 1. The summed E-state index contributed by atoms with van der Waals surface area (Å²) in [7, 11) is -0.745. The summed E-state index contributed by atoms with van der Waals surface area (Å²) < 4.78 is 56.0. The van der Waals surface area contributed by atoms with Crippen molar-refractivity contribution >= 4 is 31.5 Å². The molecule has 1 unspecified atom stereocenters. The van der Waals surface area contributed by atoms with Crippen LogP contribution in [0.4, 0.5) is 5.69 Å². The highest BCUT2D eigenvalue weighted by molar-refractivity contribution is 7.91. The number of amides is 1. The van der Waals surface area contributed by atoms with E-state index < -0.39 is 31.8 Å². The first-order valence-electron chi connectivity index (χ1n) is 10.0. The monoisotopic (exact) mass is 474 g/mol. The molecular formula is C19H30N4O6S2. The Bertz CT molecular complexity index is 1030. The van der Waals surface area contributed by atoms with Crippen molar-refractivity contribution in [3.8, 4) is 0 Å². The number of ether oxygens (including phenoxy) is 1. The predicted molar refractivity (Wildman–Crippen MR) is 117 cm³/mol. The summed E-state index contributed by atoms with van der Waals surface area (Å²) in [5.41, 5.74) is 0.835. The van der Waals surface area contributed by atoms with Gasteiger partial charge in [0, 0.05) is 47.0 Å². The number of sulfonamides is 1. The SMILES string of the molecule is CN(C)N(C(=O)c1cc(S(=O)(=O)N(C)C)ccc1N1CCOCC1)C1CCS(=O)(=O)C1. The molecule has 2 aliphatic rings. The third kappa shape index (κ3) is 5.03. The van der Waals surface area contributed by atoms with Gasteiger partial charge in [0.15, 0.2) is 9.84 Å². The van der Waals surface area contributed by atoms with Gasteiger partial charge in [-0.25, -0.2) is 26.1 Å². The molecule has 1 atom stereocenters. The molecule has 174 valence electrons. The lowest BCUT2D eigenvalue weighted by molar-refractivity contribution is 0.00101. The van der Waals surface area contributed by atoms with Crippen molar-refractivity contribution in [2.75, 3.05) is 70.9 Å². The summed E-state index contributed by atoms with van der Waals surface area (Å²) >= 11 is 0. The second-order valence-corrected chi connectivity index (χ2v) is 12.5.